The molecule has 0 unspecified atom stereocenters. The molecule has 1 aromatic carbocycles. The lowest BCUT2D eigenvalue weighted by Crippen LogP contribution is -2.20. The van der Waals surface area contributed by atoms with Gasteiger partial charge in [-0.25, -0.2) is 0 Å². The van der Waals surface area contributed by atoms with E-state index in [4.69, 9.17) is 9.47 Å². The fraction of sp³-hybridized carbons (Fsp3) is 0.417. The number of rotatable bonds is 4. The van der Waals surface area contributed by atoms with Crippen LogP contribution in [0.3, 0.4) is 0 Å². The van der Waals surface area contributed by atoms with Crippen molar-refractivity contribution in [2.24, 2.45) is 0 Å². The molecular formula is C12H17NO3S. The summed E-state index contributed by atoms with van der Waals surface area (Å²) in [6.45, 7) is 2.38. The first kappa shape index (κ1) is 13.7. The number of carbonyl (C=O) groups is 1. The first-order valence-electron chi connectivity index (χ1n) is 5.15. The molecule has 0 spiro atoms. The molecule has 0 saturated heterocycles. The summed E-state index contributed by atoms with van der Waals surface area (Å²) in [5.74, 6) is 1.52. The molecule has 4 nitrogen and oxygen atoms in total. The van der Waals surface area contributed by atoms with E-state index in [1.54, 1.807) is 21.3 Å². The number of benzene rings is 1. The Kier molecular flexibility index (Phi) is 4.69. The minimum atomic E-state index is -0.286. The van der Waals surface area contributed by atoms with Crippen LogP contribution in [0.5, 0.6) is 11.5 Å². The highest BCUT2D eigenvalue weighted by Gasteiger charge is 2.12. The zero-order valence-corrected chi connectivity index (χ0v) is 11.4. The molecule has 0 bridgehead atoms. The number of nitrogens with zero attached hydrogens (tertiary/aromatic N) is 1. The minimum Gasteiger partial charge on any atom is -0.496 e. The molecule has 0 aliphatic heterocycles. The molecule has 0 heterocycles. The molecule has 0 fully saturated rings. The zero-order valence-electron chi connectivity index (χ0n) is 10.5. The maximum absolute atomic E-state index is 11.1. The fourth-order valence-electron chi connectivity index (χ4n) is 1.56. The van der Waals surface area contributed by atoms with E-state index in [1.165, 1.54) is 4.90 Å². The van der Waals surface area contributed by atoms with Crippen molar-refractivity contribution in [3.05, 3.63) is 23.3 Å². The molecule has 94 valence electrons. The smallest absolute Gasteiger partial charge is 0.278 e. The predicted octanol–water partition coefficient (Wildman–Crippen LogP) is 2.49. The maximum Gasteiger partial charge on any atom is 0.278 e. The number of hydrogen-bond donors (Lipinski definition) is 1. The molecule has 5 heteroatoms. The van der Waals surface area contributed by atoms with Gasteiger partial charge in [-0.3, -0.25) is 4.79 Å². The van der Waals surface area contributed by atoms with Crippen molar-refractivity contribution >= 4 is 17.9 Å². The van der Waals surface area contributed by atoms with Gasteiger partial charge in [0.05, 0.1) is 14.2 Å². The maximum atomic E-state index is 11.1. The van der Waals surface area contributed by atoms with Crippen LogP contribution in [0.15, 0.2) is 12.1 Å². The van der Waals surface area contributed by atoms with E-state index in [0.29, 0.717) is 6.54 Å². The Morgan fingerprint density at radius 3 is 2.35 bits per heavy atom. The Bertz CT molecular complexity index is 420. The van der Waals surface area contributed by atoms with Gasteiger partial charge >= 0.3 is 0 Å². The number of thiol groups is 1. The van der Waals surface area contributed by atoms with Crippen molar-refractivity contribution in [2.45, 2.75) is 13.5 Å². The van der Waals surface area contributed by atoms with Crippen molar-refractivity contribution in [3.63, 3.8) is 0 Å². The monoisotopic (exact) mass is 255 g/mol. The molecule has 0 N–H and O–H groups in total. The highest BCUT2D eigenvalue weighted by Crippen LogP contribution is 2.29. The van der Waals surface area contributed by atoms with Gasteiger partial charge in [0.2, 0.25) is 0 Å². The SMILES string of the molecule is COc1cc(CN(C)C(=O)S)c(OC)cc1C. The third-order valence-corrected chi connectivity index (χ3v) is 2.87. The van der Waals surface area contributed by atoms with E-state index < -0.39 is 0 Å². The van der Waals surface area contributed by atoms with Gasteiger partial charge < -0.3 is 14.4 Å². The van der Waals surface area contributed by atoms with Gasteiger partial charge in [0, 0.05) is 19.2 Å². The Labute approximate surface area is 107 Å². The largest absolute Gasteiger partial charge is 0.496 e. The molecule has 0 radical (unpaired) electrons. The van der Waals surface area contributed by atoms with Crippen LogP contribution in [0.4, 0.5) is 4.79 Å². The van der Waals surface area contributed by atoms with E-state index >= 15 is 0 Å². The van der Waals surface area contributed by atoms with Gasteiger partial charge in [0.25, 0.3) is 5.24 Å². The summed E-state index contributed by atoms with van der Waals surface area (Å²) in [6.07, 6.45) is 0. The molecule has 0 aromatic heterocycles. The number of hydrogen-bond acceptors (Lipinski definition) is 3. The van der Waals surface area contributed by atoms with Crippen LogP contribution in [-0.4, -0.2) is 31.4 Å². The van der Waals surface area contributed by atoms with Crippen molar-refractivity contribution in [3.8, 4) is 11.5 Å². The lowest BCUT2D eigenvalue weighted by molar-refractivity contribution is 0.231. The molecular weight excluding hydrogens is 238 g/mol. The molecule has 0 aliphatic rings. The quantitative estimate of drug-likeness (QED) is 0.840. The fourth-order valence-corrected chi connectivity index (χ4v) is 1.63. The summed E-state index contributed by atoms with van der Waals surface area (Å²) in [6, 6.07) is 3.77. The Morgan fingerprint density at radius 2 is 1.88 bits per heavy atom. The minimum absolute atomic E-state index is 0.286. The molecule has 1 aromatic rings. The van der Waals surface area contributed by atoms with E-state index in [-0.39, 0.29) is 5.24 Å². The Hall–Kier alpha value is -1.36. The molecule has 1 rings (SSSR count). The van der Waals surface area contributed by atoms with Crippen molar-refractivity contribution < 1.29 is 14.3 Å². The van der Waals surface area contributed by atoms with Crippen LogP contribution < -0.4 is 9.47 Å². The van der Waals surface area contributed by atoms with E-state index in [1.807, 2.05) is 19.1 Å². The van der Waals surface area contributed by atoms with E-state index in [9.17, 15) is 4.79 Å². The normalized spacial score (nSPS) is 9.94. The van der Waals surface area contributed by atoms with Gasteiger partial charge in [-0.2, -0.15) is 0 Å². The number of ether oxygens (including phenoxy) is 2. The highest BCUT2D eigenvalue weighted by molar-refractivity contribution is 7.96. The number of methoxy groups -OCH3 is 2. The molecule has 0 aliphatic carbocycles. The summed E-state index contributed by atoms with van der Waals surface area (Å²) in [5, 5.41) is -0.286. The van der Waals surface area contributed by atoms with Crippen molar-refractivity contribution in [2.75, 3.05) is 21.3 Å². The molecule has 0 saturated carbocycles. The summed E-state index contributed by atoms with van der Waals surface area (Å²) in [5.41, 5.74) is 1.88. The van der Waals surface area contributed by atoms with Crippen LogP contribution >= 0.6 is 12.6 Å². The third kappa shape index (κ3) is 3.30. The standard InChI is InChI=1S/C12H17NO3S/c1-8-5-11(16-4)9(6-10(8)15-3)7-13(2)12(14)17/h5-6H,7H2,1-4H3,(H,14,17). The van der Waals surface area contributed by atoms with Gasteiger partial charge in [-0.15, -0.1) is 0 Å². The number of aryl methyl sites for hydroxylation is 1. The number of carbonyl (C=O) groups excluding carboxylic acids is 1. The number of amides is 1. The van der Waals surface area contributed by atoms with Gasteiger partial charge in [-0.05, 0) is 24.6 Å². The molecule has 17 heavy (non-hydrogen) atoms. The Balaban J connectivity index is 3.08. The van der Waals surface area contributed by atoms with Crippen LogP contribution in [-0.2, 0) is 6.54 Å². The van der Waals surface area contributed by atoms with Crippen molar-refractivity contribution in [1.82, 2.24) is 4.90 Å². The third-order valence-electron chi connectivity index (χ3n) is 2.53. The lowest BCUT2D eigenvalue weighted by atomic mass is 10.1. The Morgan fingerprint density at radius 1 is 1.29 bits per heavy atom. The zero-order chi connectivity index (χ0) is 13.0. The predicted molar refractivity (Wildman–Crippen MR) is 70.1 cm³/mol. The summed E-state index contributed by atoms with van der Waals surface area (Å²) >= 11 is 3.77. The average Bonchev–Trinajstić information content (AvgIpc) is 2.30. The van der Waals surface area contributed by atoms with Gasteiger partial charge in [0.1, 0.15) is 11.5 Å². The topological polar surface area (TPSA) is 38.8 Å². The van der Waals surface area contributed by atoms with Gasteiger partial charge in [0.15, 0.2) is 0 Å². The second-order valence-corrected chi connectivity index (χ2v) is 4.15. The molecule has 0 atom stereocenters. The summed E-state index contributed by atoms with van der Waals surface area (Å²) in [4.78, 5) is 12.6. The highest BCUT2D eigenvalue weighted by atomic mass is 32.1. The second-order valence-electron chi connectivity index (χ2n) is 3.77. The van der Waals surface area contributed by atoms with E-state index in [2.05, 4.69) is 12.6 Å². The summed E-state index contributed by atoms with van der Waals surface area (Å²) in [7, 11) is 4.90. The van der Waals surface area contributed by atoms with Crippen LogP contribution in [0.25, 0.3) is 0 Å². The summed E-state index contributed by atoms with van der Waals surface area (Å²) < 4.78 is 10.5. The second kappa shape index (κ2) is 5.82. The van der Waals surface area contributed by atoms with E-state index in [0.717, 1.165) is 22.6 Å². The van der Waals surface area contributed by atoms with Crippen LogP contribution in [0.2, 0.25) is 0 Å². The first-order chi connectivity index (χ1) is 7.99. The molecule has 1 amide bonds. The van der Waals surface area contributed by atoms with Crippen molar-refractivity contribution in [1.29, 1.82) is 0 Å². The van der Waals surface area contributed by atoms with Crippen LogP contribution in [0, 0.1) is 6.92 Å². The van der Waals surface area contributed by atoms with Gasteiger partial charge in [-0.1, -0.05) is 12.6 Å². The lowest BCUT2D eigenvalue weighted by Gasteiger charge is -2.18. The average molecular weight is 255 g/mol. The first-order valence-corrected chi connectivity index (χ1v) is 5.59. The van der Waals surface area contributed by atoms with Crippen LogP contribution in [0.1, 0.15) is 11.1 Å².